The first-order valence-corrected chi connectivity index (χ1v) is 11.1. The lowest BCUT2D eigenvalue weighted by atomic mass is 9.95. The summed E-state index contributed by atoms with van der Waals surface area (Å²) in [5.74, 6) is -0.939. The van der Waals surface area contributed by atoms with Gasteiger partial charge in [-0.2, -0.15) is 5.10 Å². The molecule has 2 heterocycles. The van der Waals surface area contributed by atoms with Crippen molar-refractivity contribution < 1.29 is 19.1 Å². The Balaban J connectivity index is 1.72. The lowest BCUT2D eigenvalue weighted by molar-refractivity contribution is -0.123. The number of nitrogens with one attached hydrogen (secondary N) is 1. The average molecular weight is 483 g/mol. The van der Waals surface area contributed by atoms with E-state index in [1.807, 2.05) is 40.7 Å². The fraction of sp³-hybridized carbons (Fsp3) is 0.320. The molecule has 1 atom stereocenters. The second kappa shape index (κ2) is 9.77. The van der Waals surface area contributed by atoms with Gasteiger partial charge in [0.2, 0.25) is 11.7 Å². The molecule has 0 aliphatic rings. The highest BCUT2D eigenvalue weighted by Gasteiger charge is 2.24. The summed E-state index contributed by atoms with van der Waals surface area (Å²) in [7, 11) is 0. The van der Waals surface area contributed by atoms with E-state index in [4.69, 9.17) is 16.3 Å². The Morgan fingerprint density at radius 3 is 2.26 bits per heavy atom. The second-order valence-corrected chi connectivity index (χ2v) is 9.44. The van der Waals surface area contributed by atoms with Gasteiger partial charge in [-0.1, -0.05) is 32.4 Å². The molecular formula is C25H27ClN4O4. The maximum atomic E-state index is 12.8. The van der Waals surface area contributed by atoms with Crippen molar-refractivity contribution in [2.45, 2.75) is 47.6 Å². The molecule has 9 heteroatoms. The summed E-state index contributed by atoms with van der Waals surface area (Å²) in [6.07, 6.45) is -1.07. The molecule has 0 saturated carbocycles. The van der Waals surface area contributed by atoms with Gasteiger partial charge in [0.1, 0.15) is 0 Å². The summed E-state index contributed by atoms with van der Waals surface area (Å²) in [5.41, 5.74) is 1.91. The molecule has 0 radical (unpaired) electrons. The first-order chi connectivity index (χ1) is 15.9. The van der Waals surface area contributed by atoms with Crippen LogP contribution in [-0.4, -0.2) is 38.5 Å². The highest BCUT2D eigenvalue weighted by Crippen LogP contribution is 2.21. The van der Waals surface area contributed by atoms with E-state index in [0.717, 1.165) is 11.4 Å². The first kappa shape index (κ1) is 25.1. The Hall–Kier alpha value is -3.52. The monoisotopic (exact) mass is 482 g/mol. The molecule has 0 bridgehead atoms. The first-order valence-electron chi connectivity index (χ1n) is 10.7. The van der Waals surface area contributed by atoms with E-state index in [1.54, 1.807) is 35.0 Å². The molecule has 3 aromatic rings. The van der Waals surface area contributed by atoms with Gasteiger partial charge in [0.05, 0.1) is 10.7 Å². The molecule has 0 aliphatic carbocycles. The number of carbonyl (C=O) groups excluding carboxylic acids is 3. The normalized spacial score (nSPS) is 12.2. The van der Waals surface area contributed by atoms with Crippen LogP contribution in [0.2, 0.25) is 5.02 Å². The number of ketones is 1. The number of carbonyl (C=O) groups is 3. The summed E-state index contributed by atoms with van der Waals surface area (Å²) in [4.78, 5) is 42.0. The highest BCUT2D eigenvalue weighted by atomic mass is 35.5. The van der Waals surface area contributed by atoms with Gasteiger partial charge in [-0.25, -0.2) is 14.5 Å². The molecule has 1 unspecified atom stereocenters. The number of Topliss-reactive ketones (excluding diaryl/α,β-unsaturated/α-hetero) is 1. The van der Waals surface area contributed by atoms with Crippen molar-refractivity contribution in [2.24, 2.45) is 5.41 Å². The van der Waals surface area contributed by atoms with E-state index in [9.17, 15) is 14.4 Å². The van der Waals surface area contributed by atoms with E-state index in [2.05, 4.69) is 15.4 Å². The quantitative estimate of drug-likeness (QED) is 0.394. The summed E-state index contributed by atoms with van der Waals surface area (Å²) >= 11 is 6.18. The summed E-state index contributed by atoms with van der Waals surface area (Å²) in [6, 6.07) is 11.5. The van der Waals surface area contributed by atoms with Crippen molar-refractivity contribution >= 4 is 34.9 Å². The van der Waals surface area contributed by atoms with Gasteiger partial charge < -0.3 is 10.1 Å². The topological polar surface area (TPSA) is 103 Å². The van der Waals surface area contributed by atoms with Gasteiger partial charge in [-0.05, 0) is 63.2 Å². The summed E-state index contributed by atoms with van der Waals surface area (Å²) in [6.45, 7) is 10.6. The zero-order valence-electron chi connectivity index (χ0n) is 20.0. The summed E-state index contributed by atoms with van der Waals surface area (Å²) < 4.78 is 6.96. The van der Waals surface area contributed by atoms with Crippen LogP contribution in [0.1, 0.15) is 59.9 Å². The minimum absolute atomic E-state index is 0.105. The Bertz CT molecular complexity index is 1240. The fourth-order valence-corrected chi connectivity index (χ4v) is 3.28. The van der Waals surface area contributed by atoms with Crippen molar-refractivity contribution in [2.75, 3.05) is 5.32 Å². The van der Waals surface area contributed by atoms with Crippen LogP contribution in [0.4, 0.5) is 5.69 Å². The maximum absolute atomic E-state index is 12.8. The smallest absolute Gasteiger partial charge is 0.359 e. The lowest BCUT2D eigenvalue weighted by Gasteiger charge is -2.18. The van der Waals surface area contributed by atoms with Crippen LogP contribution < -0.4 is 5.32 Å². The van der Waals surface area contributed by atoms with Crippen molar-refractivity contribution in [1.82, 2.24) is 14.8 Å². The fourth-order valence-electron chi connectivity index (χ4n) is 3.09. The number of amides is 1. The largest absolute Gasteiger partial charge is 0.449 e. The molecule has 0 spiro atoms. The van der Waals surface area contributed by atoms with Crippen molar-refractivity contribution in [1.29, 1.82) is 0 Å². The molecule has 178 valence electrons. The number of aromatic nitrogens is 3. The van der Waals surface area contributed by atoms with Gasteiger partial charge in [0.25, 0.3) is 0 Å². The van der Waals surface area contributed by atoms with E-state index >= 15 is 0 Å². The molecule has 3 rings (SSSR count). The molecule has 1 amide bonds. The van der Waals surface area contributed by atoms with E-state index < -0.39 is 23.3 Å². The number of anilines is 1. The van der Waals surface area contributed by atoms with Crippen LogP contribution in [0.3, 0.4) is 0 Å². The number of nitrogens with zero attached hydrogens (tertiary/aromatic N) is 3. The average Bonchev–Trinajstić information content (AvgIpc) is 3.11. The molecule has 8 nitrogen and oxygen atoms in total. The number of rotatable bonds is 6. The molecule has 1 N–H and O–H groups in total. The van der Waals surface area contributed by atoms with Crippen LogP contribution in [-0.2, 0) is 9.53 Å². The van der Waals surface area contributed by atoms with Gasteiger partial charge >= 0.3 is 5.97 Å². The van der Waals surface area contributed by atoms with Gasteiger partial charge in [0, 0.05) is 22.4 Å². The molecule has 1 aromatic carbocycles. The second-order valence-electron chi connectivity index (χ2n) is 9.03. The minimum atomic E-state index is -1.07. The predicted molar refractivity (Wildman–Crippen MR) is 130 cm³/mol. The number of benzene rings is 1. The molecule has 0 aliphatic heterocycles. The van der Waals surface area contributed by atoms with Crippen LogP contribution in [0, 0.1) is 19.3 Å². The van der Waals surface area contributed by atoms with E-state index in [1.165, 1.54) is 13.0 Å². The van der Waals surface area contributed by atoms with Gasteiger partial charge in [0.15, 0.2) is 17.6 Å². The number of ether oxygens (including phenoxy) is 1. The highest BCUT2D eigenvalue weighted by molar-refractivity contribution is 6.33. The van der Waals surface area contributed by atoms with Crippen molar-refractivity contribution in [3.05, 3.63) is 70.1 Å². The molecule has 34 heavy (non-hydrogen) atoms. The molecule has 0 fully saturated rings. The standard InChI is InChI=1S/C25H27ClN4O4/c1-14-13-15(2)30(29-14)20-12-11-19(26)21(28-20)23(32)34-16(3)22(31)17-7-9-18(10-8-17)27-24(33)25(4,5)6/h7-13,16H,1-6H3,(H,27,33). The Morgan fingerprint density at radius 1 is 1.06 bits per heavy atom. The van der Waals surface area contributed by atoms with Crippen molar-refractivity contribution in [3.8, 4) is 5.82 Å². The van der Waals surface area contributed by atoms with Gasteiger partial charge in [-0.3, -0.25) is 9.59 Å². The summed E-state index contributed by atoms with van der Waals surface area (Å²) in [5, 5.41) is 7.26. The Kier molecular flexibility index (Phi) is 7.21. The SMILES string of the molecule is Cc1cc(C)n(-c2ccc(Cl)c(C(=O)OC(C)C(=O)c3ccc(NC(=O)C(C)(C)C)cc3)n2)n1. The van der Waals surface area contributed by atoms with Crippen LogP contribution in [0.15, 0.2) is 42.5 Å². The third-order valence-electron chi connectivity index (χ3n) is 5.01. The number of aryl methyl sites for hydroxylation is 2. The molecule has 0 saturated heterocycles. The number of halogens is 1. The number of pyridine rings is 1. The maximum Gasteiger partial charge on any atom is 0.359 e. The third kappa shape index (κ3) is 5.69. The lowest BCUT2D eigenvalue weighted by Crippen LogP contribution is -2.27. The number of hydrogen-bond acceptors (Lipinski definition) is 6. The van der Waals surface area contributed by atoms with E-state index in [-0.39, 0.29) is 16.6 Å². The Morgan fingerprint density at radius 2 is 1.71 bits per heavy atom. The Labute approximate surface area is 203 Å². The zero-order chi connectivity index (χ0) is 25.2. The van der Waals surface area contributed by atoms with Crippen molar-refractivity contribution in [3.63, 3.8) is 0 Å². The molecule has 2 aromatic heterocycles. The number of esters is 1. The van der Waals surface area contributed by atoms with E-state index in [0.29, 0.717) is 17.1 Å². The minimum Gasteiger partial charge on any atom is -0.449 e. The zero-order valence-corrected chi connectivity index (χ0v) is 20.7. The predicted octanol–water partition coefficient (Wildman–Crippen LogP) is 4.95. The van der Waals surface area contributed by atoms with Gasteiger partial charge in [-0.15, -0.1) is 0 Å². The molecular weight excluding hydrogens is 456 g/mol. The van der Waals surface area contributed by atoms with Crippen LogP contribution in [0.25, 0.3) is 5.82 Å². The third-order valence-corrected chi connectivity index (χ3v) is 5.32. The van der Waals surface area contributed by atoms with Crippen LogP contribution in [0.5, 0.6) is 0 Å². The number of hydrogen-bond donors (Lipinski definition) is 1. The van der Waals surface area contributed by atoms with Crippen LogP contribution >= 0.6 is 11.6 Å².